The second kappa shape index (κ2) is 6.58. The summed E-state index contributed by atoms with van der Waals surface area (Å²) < 4.78 is 0. The molecule has 0 aromatic carbocycles. The largest absolute Gasteiger partial charge is 0.347 e. The van der Waals surface area contributed by atoms with E-state index in [1.807, 2.05) is 13.8 Å². The number of nitrogens with one attached hydrogen (secondary N) is 1. The minimum atomic E-state index is -0.387. The van der Waals surface area contributed by atoms with Gasteiger partial charge in [0.05, 0.1) is 0 Å². The molecule has 0 saturated carbocycles. The van der Waals surface area contributed by atoms with Crippen molar-refractivity contribution in [2.45, 2.75) is 19.9 Å². The summed E-state index contributed by atoms with van der Waals surface area (Å²) in [6.45, 7) is 7.09. The van der Waals surface area contributed by atoms with Gasteiger partial charge < -0.3 is 20.0 Å². The first-order valence-corrected chi connectivity index (χ1v) is 6.50. The molecular weight excluding hydrogens is 232 g/mol. The van der Waals surface area contributed by atoms with Gasteiger partial charge in [0.1, 0.15) is 6.04 Å². The zero-order valence-corrected chi connectivity index (χ0v) is 11.8. The van der Waals surface area contributed by atoms with Gasteiger partial charge in [-0.2, -0.15) is 0 Å². The van der Waals surface area contributed by atoms with Crippen LogP contribution in [0.1, 0.15) is 13.8 Å². The van der Waals surface area contributed by atoms with Gasteiger partial charge >= 0.3 is 6.03 Å². The predicted octanol–water partition coefficient (Wildman–Crippen LogP) is -0.190. The first-order valence-electron chi connectivity index (χ1n) is 6.50. The fraction of sp³-hybridized carbons (Fsp3) is 0.833. The number of carbonyl (C=O) groups is 2. The average Bonchev–Trinajstić information content (AvgIpc) is 2.39. The molecule has 1 heterocycles. The third-order valence-corrected chi connectivity index (χ3v) is 3.25. The van der Waals surface area contributed by atoms with Crippen molar-refractivity contribution >= 4 is 11.9 Å². The molecule has 6 heteroatoms. The van der Waals surface area contributed by atoms with Crippen LogP contribution in [0.3, 0.4) is 0 Å². The first kappa shape index (κ1) is 14.8. The summed E-state index contributed by atoms with van der Waals surface area (Å²) in [6, 6.07) is -0.427. The van der Waals surface area contributed by atoms with Crippen LogP contribution in [0.2, 0.25) is 0 Å². The van der Waals surface area contributed by atoms with Gasteiger partial charge in [-0.3, -0.25) is 4.79 Å². The van der Waals surface area contributed by atoms with E-state index in [0.717, 1.165) is 6.54 Å². The summed E-state index contributed by atoms with van der Waals surface area (Å²) in [5.41, 5.74) is 0. The molecule has 1 rings (SSSR count). The van der Waals surface area contributed by atoms with Crippen LogP contribution in [-0.4, -0.2) is 79.5 Å². The van der Waals surface area contributed by atoms with Gasteiger partial charge in [0.15, 0.2) is 0 Å². The molecule has 1 atom stereocenters. The molecule has 18 heavy (non-hydrogen) atoms. The van der Waals surface area contributed by atoms with Crippen molar-refractivity contribution in [3.8, 4) is 0 Å². The lowest BCUT2D eigenvalue weighted by Crippen LogP contribution is -2.61. The van der Waals surface area contributed by atoms with Crippen molar-refractivity contribution in [1.29, 1.82) is 0 Å². The lowest BCUT2D eigenvalue weighted by atomic mass is 10.1. The number of hydrogen-bond donors (Lipinski definition) is 1. The van der Waals surface area contributed by atoms with Crippen LogP contribution in [0.25, 0.3) is 0 Å². The average molecular weight is 256 g/mol. The third kappa shape index (κ3) is 3.13. The fourth-order valence-corrected chi connectivity index (χ4v) is 2.13. The Morgan fingerprint density at radius 1 is 1.28 bits per heavy atom. The maximum atomic E-state index is 12.4. The maximum Gasteiger partial charge on any atom is 0.320 e. The van der Waals surface area contributed by atoms with Crippen molar-refractivity contribution in [2.75, 3.05) is 46.8 Å². The van der Waals surface area contributed by atoms with Crippen LogP contribution >= 0.6 is 0 Å². The van der Waals surface area contributed by atoms with E-state index in [2.05, 4.69) is 5.32 Å². The molecule has 1 aliphatic rings. The Bertz CT molecular complexity index is 302. The van der Waals surface area contributed by atoms with Gasteiger partial charge in [0, 0.05) is 46.8 Å². The summed E-state index contributed by atoms with van der Waals surface area (Å²) >= 11 is 0. The summed E-state index contributed by atoms with van der Waals surface area (Å²) in [5, 5.41) is 3.17. The summed E-state index contributed by atoms with van der Waals surface area (Å²) in [7, 11) is 3.44. The monoisotopic (exact) mass is 256 g/mol. The standard InChI is InChI=1S/C12H24N4O2/c1-5-15(6-2)12(18)16-8-7-13-9-10(16)11(17)14(3)4/h10,13H,5-9H2,1-4H3. The number of carbonyl (C=O) groups excluding carboxylic acids is 2. The number of hydrogen-bond acceptors (Lipinski definition) is 3. The smallest absolute Gasteiger partial charge is 0.320 e. The Kier molecular flexibility index (Phi) is 5.40. The number of urea groups is 1. The van der Waals surface area contributed by atoms with Crippen LogP contribution in [0.15, 0.2) is 0 Å². The summed E-state index contributed by atoms with van der Waals surface area (Å²) in [5.74, 6) is -0.0253. The van der Waals surface area contributed by atoms with Crippen LogP contribution in [-0.2, 0) is 4.79 Å². The highest BCUT2D eigenvalue weighted by Crippen LogP contribution is 2.09. The number of piperazine rings is 1. The van der Waals surface area contributed by atoms with E-state index in [1.165, 1.54) is 0 Å². The summed E-state index contributed by atoms with van der Waals surface area (Å²) in [4.78, 5) is 29.4. The van der Waals surface area contributed by atoms with Crippen molar-refractivity contribution in [2.24, 2.45) is 0 Å². The minimum absolute atomic E-state index is 0.0253. The van der Waals surface area contributed by atoms with E-state index >= 15 is 0 Å². The van der Waals surface area contributed by atoms with Gasteiger partial charge in [-0.05, 0) is 13.8 Å². The van der Waals surface area contributed by atoms with Gasteiger partial charge in [0.2, 0.25) is 5.91 Å². The molecule has 104 valence electrons. The molecule has 1 saturated heterocycles. The van der Waals surface area contributed by atoms with E-state index < -0.39 is 0 Å². The lowest BCUT2D eigenvalue weighted by molar-refractivity contribution is -0.134. The summed E-state index contributed by atoms with van der Waals surface area (Å²) in [6.07, 6.45) is 0. The molecule has 1 fully saturated rings. The number of amides is 3. The van der Waals surface area contributed by atoms with E-state index in [-0.39, 0.29) is 18.0 Å². The Balaban J connectivity index is 2.82. The maximum absolute atomic E-state index is 12.4. The molecule has 1 N–H and O–H groups in total. The Morgan fingerprint density at radius 3 is 2.39 bits per heavy atom. The second-order valence-corrected chi connectivity index (χ2v) is 4.60. The van der Waals surface area contributed by atoms with Crippen molar-refractivity contribution in [3.63, 3.8) is 0 Å². The molecule has 3 amide bonds. The van der Waals surface area contributed by atoms with Gasteiger partial charge in [-0.1, -0.05) is 0 Å². The molecule has 1 unspecified atom stereocenters. The molecule has 0 spiro atoms. The van der Waals surface area contributed by atoms with Crippen LogP contribution in [0, 0.1) is 0 Å². The second-order valence-electron chi connectivity index (χ2n) is 4.60. The first-order chi connectivity index (χ1) is 8.52. The number of nitrogens with zero attached hydrogens (tertiary/aromatic N) is 3. The molecule has 1 aliphatic heterocycles. The fourth-order valence-electron chi connectivity index (χ4n) is 2.13. The van der Waals surface area contributed by atoms with Gasteiger partial charge in [-0.25, -0.2) is 4.79 Å². The molecule has 0 radical (unpaired) electrons. The van der Waals surface area contributed by atoms with Gasteiger partial charge in [0.25, 0.3) is 0 Å². The van der Waals surface area contributed by atoms with Crippen molar-refractivity contribution in [3.05, 3.63) is 0 Å². The van der Waals surface area contributed by atoms with Crippen molar-refractivity contribution < 1.29 is 9.59 Å². The Morgan fingerprint density at radius 2 is 1.89 bits per heavy atom. The molecule has 6 nitrogen and oxygen atoms in total. The zero-order chi connectivity index (χ0) is 13.7. The zero-order valence-electron chi connectivity index (χ0n) is 11.8. The molecule has 0 bridgehead atoms. The number of rotatable bonds is 3. The molecule has 0 aromatic heterocycles. The Hall–Kier alpha value is -1.30. The Labute approximate surface area is 109 Å². The third-order valence-electron chi connectivity index (χ3n) is 3.25. The number of likely N-dealkylation sites (N-methyl/N-ethyl adjacent to an activating group) is 1. The highest BCUT2D eigenvalue weighted by molar-refractivity contribution is 5.87. The lowest BCUT2D eigenvalue weighted by Gasteiger charge is -2.38. The SMILES string of the molecule is CCN(CC)C(=O)N1CCNCC1C(=O)N(C)C. The highest BCUT2D eigenvalue weighted by atomic mass is 16.2. The molecule has 0 aliphatic carbocycles. The van der Waals surface area contributed by atoms with Gasteiger partial charge in [-0.15, -0.1) is 0 Å². The predicted molar refractivity (Wildman–Crippen MR) is 70.4 cm³/mol. The van der Waals surface area contributed by atoms with E-state index in [0.29, 0.717) is 26.2 Å². The minimum Gasteiger partial charge on any atom is -0.347 e. The highest BCUT2D eigenvalue weighted by Gasteiger charge is 2.34. The topological polar surface area (TPSA) is 55.9 Å². The van der Waals surface area contributed by atoms with E-state index in [1.54, 1.807) is 28.8 Å². The van der Waals surface area contributed by atoms with E-state index in [9.17, 15) is 9.59 Å². The molecule has 0 aromatic rings. The normalized spacial score (nSPS) is 19.6. The van der Waals surface area contributed by atoms with Crippen LogP contribution in [0.4, 0.5) is 4.79 Å². The van der Waals surface area contributed by atoms with Crippen molar-refractivity contribution in [1.82, 2.24) is 20.0 Å². The van der Waals surface area contributed by atoms with E-state index in [4.69, 9.17) is 0 Å². The van der Waals surface area contributed by atoms with Crippen LogP contribution < -0.4 is 5.32 Å². The molecular formula is C12H24N4O2. The van der Waals surface area contributed by atoms with Crippen LogP contribution in [0.5, 0.6) is 0 Å². The quantitative estimate of drug-likeness (QED) is 0.761.